The number of nitrogens with zero attached hydrogens (tertiary/aromatic N) is 1. The van der Waals surface area contributed by atoms with Crippen molar-refractivity contribution in [1.82, 2.24) is 10.3 Å². The largest absolute Gasteiger partial charge is 0.349 e. The molecule has 2 aliphatic carbocycles. The zero-order valence-corrected chi connectivity index (χ0v) is 14.2. The van der Waals surface area contributed by atoms with Crippen molar-refractivity contribution in [2.75, 3.05) is 0 Å². The van der Waals surface area contributed by atoms with E-state index in [2.05, 4.69) is 17.2 Å². The number of carbonyl (C=O) groups is 1. The summed E-state index contributed by atoms with van der Waals surface area (Å²) < 4.78 is 13.6. The fourth-order valence-corrected chi connectivity index (χ4v) is 4.82. The molecule has 2 saturated carbocycles. The highest BCUT2D eigenvalue weighted by Gasteiger charge is 2.42. The van der Waals surface area contributed by atoms with E-state index in [1.54, 1.807) is 12.1 Å². The molecule has 1 heterocycles. The van der Waals surface area contributed by atoms with E-state index in [0.29, 0.717) is 22.4 Å². The smallest absolute Gasteiger partial charge is 0.252 e. The molecular formula is C20H23FN2O. The minimum atomic E-state index is -0.344. The Morgan fingerprint density at radius 1 is 1.29 bits per heavy atom. The van der Waals surface area contributed by atoms with E-state index in [-0.39, 0.29) is 17.8 Å². The van der Waals surface area contributed by atoms with Gasteiger partial charge in [0.25, 0.3) is 5.91 Å². The quantitative estimate of drug-likeness (QED) is 0.917. The number of carbonyl (C=O) groups excluding carboxylic acids is 1. The van der Waals surface area contributed by atoms with Crippen molar-refractivity contribution < 1.29 is 9.18 Å². The molecule has 0 saturated heterocycles. The number of aromatic nitrogens is 1. The Morgan fingerprint density at radius 3 is 2.83 bits per heavy atom. The second-order valence-electron chi connectivity index (χ2n) is 7.57. The molecule has 2 aliphatic rings. The lowest BCUT2D eigenvalue weighted by Crippen LogP contribution is -2.40. The number of nitrogens with one attached hydrogen (secondary N) is 1. The number of hydrogen-bond donors (Lipinski definition) is 1. The van der Waals surface area contributed by atoms with Crippen molar-refractivity contribution in [1.29, 1.82) is 0 Å². The Labute approximate surface area is 141 Å². The van der Waals surface area contributed by atoms with Crippen molar-refractivity contribution >= 4 is 16.8 Å². The van der Waals surface area contributed by atoms with E-state index < -0.39 is 0 Å². The van der Waals surface area contributed by atoms with Crippen LogP contribution in [0.2, 0.25) is 0 Å². The van der Waals surface area contributed by atoms with Gasteiger partial charge in [-0.3, -0.25) is 9.78 Å². The fraction of sp³-hybridized carbons (Fsp3) is 0.500. The van der Waals surface area contributed by atoms with E-state index in [9.17, 15) is 9.18 Å². The first kappa shape index (κ1) is 15.6. The van der Waals surface area contributed by atoms with Gasteiger partial charge in [0.1, 0.15) is 5.82 Å². The summed E-state index contributed by atoms with van der Waals surface area (Å²) in [7, 11) is 0. The SMILES string of the molecule is Cc1cc(C(=O)NC(C)C2CC3CCC2C3)c2cc(F)ccc2n1. The van der Waals surface area contributed by atoms with E-state index in [0.717, 1.165) is 17.5 Å². The number of halogens is 1. The average molecular weight is 326 g/mol. The number of pyridine rings is 1. The predicted molar refractivity (Wildman–Crippen MR) is 92.3 cm³/mol. The van der Waals surface area contributed by atoms with Gasteiger partial charge in [-0.05, 0) is 75.1 Å². The van der Waals surface area contributed by atoms with Gasteiger partial charge >= 0.3 is 0 Å². The molecule has 1 aromatic carbocycles. The Kier molecular flexibility index (Phi) is 3.78. The summed E-state index contributed by atoms with van der Waals surface area (Å²) >= 11 is 0. The highest BCUT2D eigenvalue weighted by atomic mass is 19.1. The minimum Gasteiger partial charge on any atom is -0.349 e. The average Bonchev–Trinajstić information content (AvgIpc) is 3.17. The summed E-state index contributed by atoms with van der Waals surface area (Å²) in [5, 5.41) is 3.75. The van der Waals surface area contributed by atoms with Crippen LogP contribution >= 0.6 is 0 Å². The van der Waals surface area contributed by atoms with Gasteiger partial charge in [-0.2, -0.15) is 0 Å². The maximum atomic E-state index is 13.6. The van der Waals surface area contributed by atoms with Gasteiger partial charge in [-0.15, -0.1) is 0 Å². The molecule has 4 rings (SSSR count). The molecule has 0 spiro atoms. The summed E-state index contributed by atoms with van der Waals surface area (Å²) in [6.45, 7) is 3.97. The molecule has 2 fully saturated rings. The van der Waals surface area contributed by atoms with Gasteiger partial charge in [-0.1, -0.05) is 6.42 Å². The van der Waals surface area contributed by atoms with Gasteiger partial charge in [0.15, 0.2) is 0 Å². The normalized spacial score (nSPS) is 26.7. The molecule has 1 aromatic heterocycles. The van der Waals surface area contributed by atoms with E-state index >= 15 is 0 Å². The zero-order chi connectivity index (χ0) is 16.8. The van der Waals surface area contributed by atoms with Crippen molar-refractivity contribution in [3.63, 3.8) is 0 Å². The van der Waals surface area contributed by atoms with Gasteiger partial charge in [0, 0.05) is 17.1 Å². The van der Waals surface area contributed by atoms with Crippen molar-refractivity contribution in [3.8, 4) is 0 Å². The standard InChI is InChI=1S/C20H23FN2O/c1-11-7-18(17-10-15(21)5-6-19(17)22-11)20(24)23-12(2)16-9-13-3-4-14(16)8-13/h5-7,10,12-14,16H,3-4,8-9H2,1-2H3,(H,23,24). The topological polar surface area (TPSA) is 42.0 Å². The molecule has 4 unspecified atom stereocenters. The van der Waals surface area contributed by atoms with Gasteiger partial charge in [-0.25, -0.2) is 4.39 Å². The van der Waals surface area contributed by atoms with Crippen LogP contribution in [0.4, 0.5) is 4.39 Å². The number of amides is 1. The van der Waals surface area contributed by atoms with Crippen LogP contribution in [0.1, 0.15) is 48.7 Å². The van der Waals surface area contributed by atoms with E-state index in [4.69, 9.17) is 0 Å². The molecule has 3 nitrogen and oxygen atoms in total. The molecule has 0 radical (unpaired) electrons. The van der Waals surface area contributed by atoms with Crippen LogP contribution in [0.25, 0.3) is 10.9 Å². The van der Waals surface area contributed by atoms with Crippen LogP contribution < -0.4 is 5.32 Å². The number of fused-ring (bicyclic) bond motifs is 3. The second kappa shape index (κ2) is 5.83. The summed E-state index contributed by atoms with van der Waals surface area (Å²) in [6, 6.07) is 6.33. The molecule has 126 valence electrons. The first-order valence-electron chi connectivity index (χ1n) is 8.89. The summed E-state index contributed by atoms with van der Waals surface area (Å²) in [4.78, 5) is 17.2. The lowest BCUT2D eigenvalue weighted by atomic mass is 9.84. The third-order valence-corrected chi connectivity index (χ3v) is 5.94. The van der Waals surface area contributed by atoms with E-state index in [1.165, 1.54) is 37.8 Å². The number of benzene rings is 1. The highest BCUT2D eigenvalue weighted by Crippen LogP contribution is 2.49. The number of aryl methyl sites for hydroxylation is 1. The van der Waals surface area contributed by atoms with Crippen LogP contribution in [0.15, 0.2) is 24.3 Å². The molecule has 2 bridgehead atoms. The van der Waals surface area contributed by atoms with Crippen molar-refractivity contribution in [3.05, 3.63) is 41.3 Å². The van der Waals surface area contributed by atoms with Crippen LogP contribution in [-0.2, 0) is 0 Å². The molecule has 2 aromatic rings. The summed E-state index contributed by atoms with van der Waals surface area (Å²) in [5.74, 6) is 1.74. The maximum absolute atomic E-state index is 13.6. The lowest BCUT2D eigenvalue weighted by molar-refractivity contribution is 0.0917. The molecule has 4 heteroatoms. The number of hydrogen-bond acceptors (Lipinski definition) is 2. The van der Waals surface area contributed by atoms with Gasteiger partial charge in [0.05, 0.1) is 11.1 Å². The summed E-state index contributed by atoms with van der Waals surface area (Å²) in [6.07, 6.45) is 5.22. The minimum absolute atomic E-state index is 0.119. The van der Waals surface area contributed by atoms with Crippen molar-refractivity contribution in [2.24, 2.45) is 17.8 Å². The number of rotatable bonds is 3. The molecule has 0 aliphatic heterocycles. The van der Waals surface area contributed by atoms with Crippen molar-refractivity contribution in [2.45, 2.75) is 45.6 Å². The predicted octanol–water partition coefficient (Wildman–Crippen LogP) is 4.24. The molecule has 24 heavy (non-hydrogen) atoms. The Hall–Kier alpha value is -1.97. The second-order valence-corrected chi connectivity index (χ2v) is 7.57. The highest BCUT2D eigenvalue weighted by molar-refractivity contribution is 6.06. The molecular weight excluding hydrogens is 303 g/mol. The Balaban J connectivity index is 1.60. The van der Waals surface area contributed by atoms with Crippen LogP contribution in [0, 0.1) is 30.5 Å². The van der Waals surface area contributed by atoms with Crippen LogP contribution in [-0.4, -0.2) is 16.9 Å². The van der Waals surface area contributed by atoms with Gasteiger partial charge in [0.2, 0.25) is 0 Å². The third-order valence-electron chi connectivity index (χ3n) is 5.94. The third kappa shape index (κ3) is 2.68. The lowest BCUT2D eigenvalue weighted by Gasteiger charge is -2.28. The van der Waals surface area contributed by atoms with Crippen LogP contribution in [0.5, 0.6) is 0 Å². The summed E-state index contributed by atoms with van der Waals surface area (Å²) in [5.41, 5.74) is 1.95. The van der Waals surface area contributed by atoms with Gasteiger partial charge < -0.3 is 5.32 Å². The first-order valence-corrected chi connectivity index (χ1v) is 8.89. The zero-order valence-electron chi connectivity index (χ0n) is 14.2. The first-order chi connectivity index (χ1) is 11.5. The molecule has 1 N–H and O–H groups in total. The van der Waals surface area contributed by atoms with Crippen LogP contribution in [0.3, 0.4) is 0 Å². The molecule has 1 amide bonds. The van der Waals surface area contributed by atoms with E-state index in [1.807, 2.05) is 6.92 Å². The maximum Gasteiger partial charge on any atom is 0.252 e. The fourth-order valence-electron chi connectivity index (χ4n) is 4.82. The monoisotopic (exact) mass is 326 g/mol. The Bertz CT molecular complexity index is 804. The molecule has 4 atom stereocenters. The Morgan fingerprint density at radius 2 is 2.12 bits per heavy atom.